The zero-order valence-corrected chi connectivity index (χ0v) is 35.8. The number of nitro benzene ring substituents is 2. The van der Waals surface area contributed by atoms with Crippen molar-refractivity contribution >= 4 is 22.7 Å². The first-order valence-corrected chi connectivity index (χ1v) is 23.8. The monoisotopic (exact) mass is 856 g/mol. The molecule has 2 spiro atoms. The highest BCUT2D eigenvalue weighted by Gasteiger charge is 2.81. The third-order valence-corrected chi connectivity index (χ3v) is 19.8. The molecule has 4 aromatic rings. The van der Waals surface area contributed by atoms with Crippen molar-refractivity contribution in [3.63, 3.8) is 0 Å². The lowest BCUT2D eigenvalue weighted by Gasteiger charge is -2.65. The van der Waals surface area contributed by atoms with Crippen LogP contribution in [-0.4, -0.2) is 94.8 Å². The molecule has 0 amide bonds. The van der Waals surface area contributed by atoms with Gasteiger partial charge in [0.2, 0.25) is 0 Å². The largest absolute Gasteiger partial charge is 0.354 e. The van der Waals surface area contributed by atoms with E-state index in [2.05, 4.69) is 70.5 Å². The Morgan fingerprint density at radius 1 is 0.594 bits per heavy atom. The van der Waals surface area contributed by atoms with E-state index in [1.54, 1.807) is 35.4 Å². The van der Waals surface area contributed by atoms with Crippen molar-refractivity contribution in [1.82, 2.24) is 0 Å². The maximum absolute atomic E-state index is 11.7. The number of piperidine rings is 2. The number of hydrogen-bond donors (Lipinski definition) is 0. The normalized spacial score (nSPS) is 41.4. The predicted molar refractivity (Wildman–Crippen MR) is 238 cm³/mol. The van der Waals surface area contributed by atoms with Crippen LogP contribution in [0.3, 0.4) is 0 Å². The number of para-hydroxylation sites is 2. The minimum absolute atomic E-state index is 0.111. The van der Waals surface area contributed by atoms with E-state index in [4.69, 9.17) is 9.47 Å². The highest BCUT2D eigenvalue weighted by Crippen LogP contribution is 2.73. The minimum Gasteiger partial charge on any atom is -0.354 e. The van der Waals surface area contributed by atoms with E-state index in [1.165, 1.54) is 33.6 Å². The van der Waals surface area contributed by atoms with Gasteiger partial charge in [0.25, 0.3) is 11.4 Å². The van der Waals surface area contributed by atoms with Gasteiger partial charge in [-0.25, -0.2) is 0 Å². The van der Waals surface area contributed by atoms with Gasteiger partial charge in [0.15, 0.2) is 0 Å². The van der Waals surface area contributed by atoms with Gasteiger partial charge in [-0.1, -0.05) is 48.6 Å². The molecule has 324 valence electrons. The molecule has 15 rings (SSSR count). The van der Waals surface area contributed by atoms with Gasteiger partial charge in [0.05, 0.1) is 59.1 Å². The molecule has 0 N–H and O–H groups in total. The van der Waals surface area contributed by atoms with Crippen molar-refractivity contribution in [2.75, 3.05) is 49.2 Å². The third-order valence-electron chi connectivity index (χ3n) is 19.8. The molecule has 4 bridgehead atoms. The van der Waals surface area contributed by atoms with Crippen molar-refractivity contribution in [2.45, 2.75) is 86.2 Å². The lowest BCUT2D eigenvalue weighted by Crippen LogP contribution is -2.78. The van der Waals surface area contributed by atoms with Crippen molar-refractivity contribution in [3.8, 4) is 0 Å². The highest BCUT2D eigenvalue weighted by molar-refractivity contribution is 5.72. The molecule has 0 aromatic heterocycles. The zero-order chi connectivity index (χ0) is 42.5. The standard InChI is InChI=1S/C52H52N6O6/c59-55(60)35-13-9-31(10-14-35)27-57-21-19-51-39-5-1-3-7-41(39)53-47(51)45-37(25-43(51)57)33(29-57)18-24-64-50(45)54-42-8-4-2-6-40(42)52-20-22-58(28-32-11-15-36(16-12-32)56(61)62)30-34-17-23-63-49(53)46(48(52)54)38(34)26-44(52)58/h1-18,37-38,43-50H,19-30H2/q+2/t37-,38-,43-,44-,45+,46+,47-,48-,49+,50+,51+,52+,57+,58+/m0/s1. The number of benzene rings is 4. The Labute approximate surface area is 371 Å². The summed E-state index contributed by atoms with van der Waals surface area (Å²) < 4.78 is 17.2. The van der Waals surface area contributed by atoms with Gasteiger partial charge >= 0.3 is 0 Å². The average Bonchev–Trinajstić information content (AvgIpc) is 3.92. The molecule has 64 heavy (non-hydrogen) atoms. The van der Waals surface area contributed by atoms with Crippen LogP contribution in [0.2, 0.25) is 0 Å². The van der Waals surface area contributed by atoms with Crippen molar-refractivity contribution in [3.05, 3.63) is 163 Å². The molecule has 4 aromatic carbocycles. The molecule has 2 aliphatic carbocycles. The smallest absolute Gasteiger partial charge is 0.269 e. The van der Waals surface area contributed by atoms with E-state index in [0.29, 0.717) is 37.1 Å². The first kappa shape index (κ1) is 36.9. The van der Waals surface area contributed by atoms with Crippen LogP contribution in [0, 0.1) is 43.9 Å². The second-order valence-corrected chi connectivity index (χ2v) is 21.6. The number of nitrogens with zero attached hydrogens (tertiary/aromatic N) is 6. The number of fused-ring (bicyclic) bond motifs is 6. The highest BCUT2D eigenvalue weighted by atomic mass is 16.6. The van der Waals surface area contributed by atoms with E-state index in [-0.39, 0.29) is 68.4 Å². The molecule has 11 aliphatic rings. The minimum atomic E-state index is -0.289. The first-order valence-electron chi connectivity index (χ1n) is 23.8. The number of nitro groups is 2. The second-order valence-electron chi connectivity index (χ2n) is 21.6. The summed E-state index contributed by atoms with van der Waals surface area (Å²) in [5.74, 6) is 1.14. The number of anilines is 2. The van der Waals surface area contributed by atoms with Crippen LogP contribution < -0.4 is 9.80 Å². The summed E-state index contributed by atoms with van der Waals surface area (Å²) in [6, 6.07) is 34.8. The Kier molecular flexibility index (Phi) is 7.08. The van der Waals surface area contributed by atoms with Crippen LogP contribution in [0.5, 0.6) is 0 Å². The lowest BCUT2D eigenvalue weighted by atomic mass is 9.52. The van der Waals surface area contributed by atoms with Crippen LogP contribution >= 0.6 is 0 Å². The fraction of sp³-hybridized carbons (Fsp3) is 0.462. The molecule has 9 aliphatic heterocycles. The quantitative estimate of drug-likeness (QED) is 0.0849. The molecule has 12 heteroatoms. The van der Waals surface area contributed by atoms with Crippen molar-refractivity contribution in [1.29, 1.82) is 0 Å². The Bertz CT molecular complexity index is 2610. The molecular formula is C52H52N6O6+2. The summed E-state index contributed by atoms with van der Waals surface area (Å²) in [6.07, 6.45) is 9.10. The van der Waals surface area contributed by atoms with E-state index >= 15 is 0 Å². The SMILES string of the molecule is O=[N+]([O-])c1ccc(C[N@+]23CC[C@@]45c6ccccc6N6[C@@H]7OCC=C8C[N@+]9(Cc%10ccc([N+](=O)[O-])cc%10)CC[C@]%10%11c%12ccccc%12N([C@@H]%12OCC=C(C2)[C@H](C[C@@H]43)[C@@H]%12[C@H]65)[C@H]%10[C@H]7[C@H]8C[C@@H]%119)cc1. The summed E-state index contributed by atoms with van der Waals surface area (Å²) in [5.41, 5.74) is 11.2. The summed E-state index contributed by atoms with van der Waals surface area (Å²) in [4.78, 5) is 28.6. The second kappa shape index (κ2) is 12.3. The Hall–Kier alpha value is -5.40. The van der Waals surface area contributed by atoms with Gasteiger partial charge in [-0.3, -0.25) is 20.2 Å². The third kappa shape index (κ3) is 4.26. The summed E-state index contributed by atoms with van der Waals surface area (Å²) in [6.45, 7) is 7.01. The number of non-ortho nitro benzene ring substituents is 2. The summed E-state index contributed by atoms with van der Waals surface area (Å²) in [5, 5.41) is 23.4. The van der Waals surface area contributed by atoms with Crippen LogP contribution in [0.1, 0.15) is 47.9 Å². The maximum Gasteiger partial charge on any atom is 0.269 e. The van der Waals surface area contributed by atoms with Gasteiger partial charge < -0.3 is 28.2 Å². The van der Waals surface area contributed by atoms with Crippen LogP contribution in [0.25, 0.3) is 0 Å². The number of quaternary nitrogens is 2. The predicted octanol–water partition coefficient (Wildman–Crippen LogP) is 7.51. The first-order chi connectivity index (χ1) is 31.2. The molecule has 12 nitrogen and oxygen atoms in total. The van der Waals surface area contributed by atoms with E-state index in [0.717, 1.165) is 73.9 Å². The molecule has 7 fully saturated rings. The lowest BCUT2D eigenvalue weighted by molar-refractivity contribution is -0.955. The van der Waals surface area contributed by atoms with Crippen LogP contribution in [0.4, 0.5) is 22.7 Å². The number of rotatable bonds is 6. The van der Waals surface area contributed by atoms with E-state index in [1.807, 2.05) is 24.3 Å². The van der Waals surface area contributed by atoms with Crippen LogP contribution in [-0.2, 0) is 33.4 Å². The summed E-state index contributed by atoms with van der Waals surface area (Å²) >= 11 is 0. The molecule has 5 saturated heterocycles. The number of ether oxygens (including phenoxy) is 2. The fourth-order valence-electron chi connectivity index (χ4n) is 18.0. The van der Waals surface area contributed by atoms with Gasteiger partial charge in [-0.05, 0) is 58.7 Å². The van der Waals surface area contributed by atoms with E-state index in [9.17, 15) is 20.2 Å². The molecule has 0 unspecified atom stereocenters. The molecule has 0 radical (unpaired) electrons. The molecule has 14 atom stereocenters. The van der Waals surface area contributed by atoms with Crippen LogP contribution in [0.15, 0.2) is 120 Å². The van der Waals surface area contributed by atoms with Gasteiger partial charge in [0, 0.05) is 96.1 Å². The molecule has 9 heterocycles. The summed E-state index contributed by atoms with van der Waals surface area (Å²) in [7, 11) is 0. The maximum atomic E-state index is 11.7. The topological polar surface area (TPSA) is 111 Å². The van der Waals surface area contributed by atoms with E-state index < -0.39 is 0 Å². The average molecular weight is 857 g/mol. The fourth-order valence-corrected chi connectivity index (χ4v) is 18.0. The Balaban J connectivity index is 0.927. The van der Waals surface area contributed by atoms with Crippen molar-refractivity contribution < 1.29 is 28.3 Å². The van der Waals surface area contributed by atoms with Crippen molar-refractivity contribution in [2.24, 2.45) is 23.7 Å². The molecule has 2 saturated carbocycles. The Morgan fingerprint density at radius 2 is 1.02 bits per heavy atom. The van der Waals surface area contributed by atoms with Gasteiger partial charge in [-0.2, -0.15) is 0 Å². The zero-order valence-electron chi connectivity index (χ0n) is 35.8. The van der Waals surface area contributed by atoms with Gasteiger partial charge in [-0.15, -0.1) is 0 Å². The molecular weight excluding hydrogens is 805 g/mol. The number of hydrogen-bond acceptors (Lipinski definition) is 8. The van der Waals surface area contributed by atoms with Gasteiger partial charge in [0.1, 0.15) is 50.7 Å². The Morgan fingerprint density at radius 3 is 1.44 bits per heavy atom.